The van der Waals surface area contributed by atoms with Gasteiger partial charge in [-0.25, -0.2) is 0 Å². The molecule has 1 aromatic rings. The molecule has 3 N–H and O–H groups in total. The molecule has 0 bridgehead atoms. The van der Waals surface area contributed by atoms with Gasteiger partial charge in [0.2, 0.25) is 0 Å². The Bertz CT molecular complexity index is 422. The van der Waals surface area contributed by atoms with Gasteiger partial charge >= 0.3 is 0 Å². The maximum absolute atomic E-state index is 10.1. The minimum atomic E-state index is -0.572. The highest BCUT2D eigenvalue weighted by Gasteiger charge is 2.15. The Kier molecular flexibility index (Phi) is 5.64. The zero-order valence-electron chi connectivity index (χ0n) is 11.8. The average molecular weight is 281 g/mol. The van der Waals surface area contributed by atoms with Crippen molar-refractivity contribution in [2.75, 3.05) is 26.3 Å². The van der Waals surface area contributed by atoms with Gasteiger partial charge in [0.15, 0.2) is 11.5 Å². The Hall–Kier alpha value is -1.30. The molecular formula is C15H23NO4. The van der Waals surface area contributed by atoms with E-state index < -0.39 is 6.10 Å². The number of rotatable bonds is 7. The number of hydrogen-bond acceptors (Lipinski definition) is 5. The predicted molar refractivity (Wildman–Crippen MR) is 76.2 cm³/mol. The van der Waals surface area contributed by atoms with Crippen LogP contribution in [0.15, 0.2) is 18.2 Å². The second-order valence-corrected chi connectivity index (χ2v) is 5.11. The lowest BCUT2D eigenvalue weighted by Gasteiger charge is -2.20. The van der Waals surface area contributed by atoms with E-state index in [1.807, 2.05) is 18.2 Å². The van der Waals surface area contributed by atoms with Crippen molar-refractivity contribution in [3.8, 4) is 11.5 Å². The third kappa shape index (κ3) is 4.37. The molecule has 0 saturated heterocycles. The van der Waals surface area contributed by atoms with E-state index in [-0.39, 0.29) is 6.10 Å². The molecule has 1 heterocycles. The highest BCUT2D eigenvalue weighted by atomic mass is 16.6. The van der Waals surface area contributed by atoms with Crippen molar-refractivity contribution in [1.29, 1.82) is 0 Å². The third-order valence-electron chi connectivity index (χ3n) is 3.26. The van der Waals surface area contributed by atoms with Crippen molar-refractivity contribution < 1.29 is 19.7 Å². The Balaban J connectivity index is 1.79. The van der Waals surface area contributed by atoms with Gasteiger partial charge < -0.3 is 25.0 Å². The number of aliphatic hydroxyl groups is 2. The summed E-state index contributed by atoms with van der Waals surface area (Å²) in [6.45, 7) is 4.17. The highest BCUT2D eigenvalue weighted by molar-refractivity contribution is 5.44. The minimum absolute atomic E-state index is 0.264. The Morgan fingerprint density at radius 3 is 2.70 bits per heavy atom. The summed E-state index contributed by atoms with van der Waals surface area (Å²) in [7, 11) is 0. The van der Waals surface area contributed by atoms with Crippen LogP contribution in [0.25, 0.3) is 0 Å². The largest absolute Gasteiger partial charge is 0.486 e. The van der Waals surface area contributed by atoms with E-state index in [9.17, 15) is 5.11 Å². The lowest BCUT2D eigenvalue weighted by molar-refractivity contribution is 0.161. The summed E-state index contributed by atoms with van der Waals surface area (Å²) in [5, 5.41) is 22.5. The van der Waals surface area contributed by atoms with Crippen molar-refractivity contribution in [3.05, 3.63) is 23.8 Å². The number of nitrogens with one attached hydrogen (secondary N) is 1. The summed E-state index contributed by atoms with van der Waals surface area (Å²) < 4.78 is 10.9. The van der Waals surface area contributed by atoms with Gasteiger partial charge in [-0.15, -0.1) is 0 Å². The van der Waals surface area contributed by atoms with Gasteiger partial charge in [0.05, 0.1) is 12.2 Å². The van der Waals surface area contributed by atoms with Crippen molar-refractivity contribution in [2.45, 2.75) is 32.0 Å². The first-order valence-electron chi connectivity index (χ1n) is 7.13. The second kappa shape index (κ2) is 7.47. The van der Waals surface area contributed by atoms with E-state index in [2.05, 4.69) is 5.32 Å². The van der Waals surface area contributed by atoms with Crippen molar-refractivity contribution in [2.24, 2.45) is 0 Å². The van der Waals surface area contributed by atoms with Gasteiger partial charge in [-0.3, -0.25) is 0 Å². The quantitative estimate of drug-likeness (QED) is 0.656. The first-order chi connectivity index (χ1) is 9.66. The Morgan fingerprint density at radius 1 is 1.20 bits per heavy atom. The summed E-state index contributed by atoms with van der Waals surface area (Å²) in [5.41, 5.74) is 0.817. The molecule has 1 aliphatic rings. The van der Waals surface area contributed by atoms with E-state index in [1.54, 1.807) is 6.92 Å². The molecule has 112 valence electrons. The molecule has 5 heteroatoms. The first-order valence-corrected chi connectivity index (χ1v) is 7.13. The topological polar surface area (TPSA) is 71.0 Å². The van der Waals surface area contributed by atoms with Gasteiger partial charge in [0, 0.05) is 6.54 Å². The number of benzene rings is 1. The molecule has 0 aromatic heterocycles. The van der Waals surface area contributed by atoms with Crippen molar-refractivity contribution >= 4 is 0 Å². The average Bonchev–Trinajstić information content (AvgIpc) is 2.46. The van der Waals surface area contributed by atoms with Gasteiger partial charge in [0.25, 0.3) is 0 Å². The van der Waals surface area contributed by atoms with Crippen LogP contribution < -0.4 is 14.8 Å². The molecule has 0 amide bonds. The van der Waals surface area contributed by atoms with Gasteiger partial charge in [0.1, 0.15) is 13.2 Å². The summed E-state index contributed by atoms with van der Waals surface area (Å²) >= 11 is 0. The smallest absolute Gasteiger partial charge is 0.161 e. The molecule has 20 heavy (non-hydrogen) atoms. The van der Waals surface area contributed by atoms with Crippen LogP contribution in [-0.2, 0) is 0 Å². The number of hydrogen-bond donors (Lipinski definition) is 3. The zero-order chi connectivity index (χ0) is 14.4. The highest BCUT2D eigenvalue weighted by Crippen LogP contribution is 2.32. The van der Waals surface area contributed by atoms with E-state index in [0.29, 0.717) is 25.5 Å². The molecule has 0 fully saturated rings. The van der Waals surface area contributed by atoms with Gasteiger partial charge in [-0.1, -0.05) is 6.07 Å². The normalized spacial score (nSPS) is 16.8. The van der Waals surface area contributed by atoms with Crippen LogP contribution in [0.1, 0.15) is 31.4 Å². The van der Waals surface area contributed by atoms with Crippen LogP contribution in [0.4, 0.5) is 0 Å². The summed E-state index contributed by atoms with van der Waals surface area (Å²) in [6.07, 6.45) is 0.829. The SMILES string of the molecule is CC(O)CCCNCC(O)c1ccc2c(c1)OCCO2. The molecular weight excluding hydrogens is 258 g/mol. The minimum Gasteiger partial charge on any atom is -0.486 e. The molecule has 5 nitrogen and oxygen atoms in total. The fourth-order valence-electron chi connectivity index (χ4n) is 2.15. The third-order valence-corrected chi connectivity index (χ3v) is 3.26. The van der Waals surface area contributed by atoms with Crippen LogP contribution >= 0.6 is 0 Å². The molecule has 1 aromatic carbocycles. The van der Waals surface area contributed by atoms with Crippen LogP contribution in [0.3, 0.4) is 0 Å². The summed E-state index contributed by atoms with van der Waals surface area (Å²) in [4.78, 5) is 0. The molecule has 2 rings (SSSR count). The van der Waals surface area contributed by atoms with E-state index >= 15 is 0 Å². The van der Waals surface area contributed by atoms with E-state index in [4.69, 9.17) is 14.6 Å². The molecule has 2 unspecified atom stereocenters. The molecule has 0 radical (unpaired) electrons. The molecule has 0 aliphatic carbocycles. The molecule has 0 spiro atoms. The van der Waals surface area contributed by atoms with Gasteiger partial charge in [-0.05, 0) is 44.0 Å². The second-order valence-electron chi connectivity index (χ2n) is 5.11. The Labute approximate surface area is 119 Å². The standard InChI is InChI=1S/C15H23NO4/c1-11(17)3-2-6-16-10-13(18)12-4-5-14-15(9-12)20-8-7-19-14/h4-5,9,11,13,16-18H,2-3,6-8,10H2,1H3. The fourth-order valence-corrected chi connectivity index (χ4v) is 2.15. The maximum atomic E-state index is 10.1. The maximum Gasteiger partial charge on any atom is 0.161 e. The summed E-state index contributed by atoms with van der Waals surface area (Å²) in [6, 6.07) is 5.52. The molecule has 1 aliphatic heterocycles. The lowest BCUT2D eigenvalue weighted by atomic mass is 10.1. The van der Waals surface area contributed by atoms with E-state index in [0.717, 1.165) is 30.7 Å². The number of aliphatic hydroxyl groups excluding tert-OH is 2. The van der Waals surface area contributed by atoms with Crippen molar-refractivity contribution in [1.82, 2.24) is 5.32 Å². The number of fused-ring (bicyclic) bond motifs is 1. The summed E-state index contributed by atoms with van der Waals surface area (Å²) in [5.74, 6) is 1.43. The fraction of sp³-hybridized carbons (Fsp3) is 0.600. The van der Waals surface area contributed by atoms with Crippen LogP contribution in [-0.4, -0.2) is 42.6 Å². The molecule has 2 atom stereocenters. The zero-order valence-corrected chi connectivity index (χ0v) is 11.8. The van der Waals surface area contributed by atoms with Crippen LogP contribution in [0, 0.1) is 0 Å². The monoisotopic (exact) mass is 281 g/mol. The van der Waals surface area contributed by atoms with Crippen LogP contribution in [0.2, 0.25) is 0 Å². The molecule has 0 saturated carbocycles. The van der Waals surface area contributed by atoms with Crippen LogP contribution in [0.5, 0.6) is 11.5 Å². The van der Waals surface area contributed by atoms with Gasteiger partial charge in [-0.2, -0.15) is 0 Å². The Morgan fingerprint density at radius 2 is 1.95 bits per heavy atom. The lowest BCUT2D eigenvalue weighted by Crippen LogP contribution is -2.23. The van der Waals surface area contributed by atoms with E-state index in [1.165, 1.54) is 0 Å². The van der Waals surface area contributed by atoms with Crippen molar-refractivity contribution in [3.63, 3.8) is 0 Å². The number of ether oxygens (including phenoxy) is 2. The first kappa shape index (κ1) is 15.1. The predicted octanol–water partition coefficient (Wildman–Crippen LogP) is 1.24.